The van der Waals surface area contributed by atoms with E-state index in [4.69, 9.17) is 0 Å². The molecular weight excluding hydrogens is 593 g/mol. The summed E-state index contributed by atoms with van der Waals surface area (Å²) in [6, 6.07) is 42.0. The molecule has 0 heterocycles. The van der Waals surface area contributed by atoms with Crippen LogP contribution in [0.25, 0.3) is 54.6 Å². The molecule has 0 fully saturated rings. The van der Waals surface area contributed by atoms with Gasteiger partial charge in [-0.15, -0.1) is 0 Å². The maximum absolute atomic E-state index is 13.2. The number of fused-ring (bicyclic) bond motifs is 16. The first-order chi connectivity index (χ1) is 21.7. The maximum Gasteiger partial charge on any atom is 0.534 e. The lowest BCUT2D eigenvalue weighted by molar-refractivity contribution is -0.0500. The van der Waals surface area contributed by atoms with E-state index in [-0.39, 0.29) is 0 Å². The lowest BCUT2D eigenvalue weighted by Gasteiger charge is -2.30. The van der Waals surface area contributed by atoms with Crippen molar-refractivity contribution in [2.24, 2.45) is 0 Å². The van der Waals surface area contributed by atoms with Crippen LogP contribution in [0.4, 0.5) is 13.2 Å². The van der Waals surface area contributed by atoms with Crippen LogP contribution >= 0.6 is 0 Å². The Hall–Kier alpha value is -5.14. The van der Waals surface area contributed by atoms with Gasteiger partial charge < -0.3 is 4.18 Å². The minimum absolute atomic E-state index is 0.395. The SMILES string of the molecule is O=S(=O)(Oc1ccc2c(c1)c1ccccc1c1cc3c(cc21)C1(c2ccccc2-c2ccccc21)c1ccccc1-3)C(F)(F)F. The van der Waals surface area contributed by atoms with Gasteiger partial charge in [-0.2, -0.15) is 21.6 Å². The van der Waals surface area contributed by atoms with Crippen molar-refractivity contribution in [3.8, 4) is 28.0 Å². The van der Waals surface area contributed by atoms with Crippen LogP contribution in [0.5, 0.6) is 5.75 Å². The molecule has 45 heavy (non-hydrogen) atoms. The third-order valence-electron chi connectivity index (χ3n) is 9.41. The van der Waals surface area contributed by atoms with Gasteiger partial charge in [-0.05, 0) is 107 Å². The molecule has 0 unspecified atom stereocenters. The molecule has 7 aromatic carbocycles. The first kappa shape index (κ1) is 26.3. The molecule has 0 aromatic heterocycles. The lowest BCUT2D eigenvalue weighted by Crippen LogP contribution is -2.28. The first-order valence-corrected chi connectivity index (χ1v) is 15.8. The molecule has 0 N–H and O–H groups in total. The van der Waals surface area contributed by atoms with E-state index in [0.717, 1.165) is 43.6 Å². The van der Waals surface area contributed by atoms with Gasteiger partial charge in [0.05, 0.1) is 5.41 Å². The molecule has 0 saturated heterocycles. The average molecular weight is 615 g/mol. The van der Waals surface area contributed by atoms with Crippen LogP contribution in [0.2, 0.25) is 0 Å². The Bertz CT molecular complexity index is 2490. The quantitative estimate of drug-likeness (QED) is 0.111. The zero-order valence-corrected chi connectivity index (χ0v) is 24.2. The van der Waals surface area contributed by atoms with E-state index in [2.05, 4.69) is 89.1 Å². The number of rotatable bonds is 2. The monoisotopic (exact) mass is 614 g/mol. The molecule has 7 heteroatoms. The van der Waals surface area contributed by atoms with Gasteiger partial charge in [-0.1, -0.05) is 97.1 Å². The van der Waals surface area contributed by atoms with Crippen molar-refractivity contribution in [1.29, 1.82) is 0 Å². The second-order valence-corrected chi connectivity index (χ2v) is 13.1. The number of benzene rings is 7. The molecule has 2 aliphatic rings. The van der Waals surface area contributed by atoms with E-state index in [1.807, 2.05) is 24.3 Å². The topological polar surface area (TPSA) is 43.4 Å². The summed E-state index contributed by atoms with van der Waals surface area (Å²) in [6.45, 7) is 0. The first-order valence-electron chi connectivity index (χ1n) is 14.4. The van der Waals surface area contributed by atoms with Crippen molar-refractivity contribution in [3.63, 3.8) is 0 Å². The van der Waals surface area contributed by atoms with Crippen molar-refractivity contribution in [2.45, 2.75) is 10.9 Å². The van der Waals surface area contributed by atoms with Gasteiger partial charge in [0, 0.05) is 0 Å². The number of alkyl halides is 3. The molecular formula is C38H21F3O3S. The average Bonchev–Trinajstić information content (AvgIpc) is 3.50. The van der Waals surface area contributed by atoms with Crippen molar-refractivity contribution in [1.82, 2.24) is 0 Å². The van der Waals surface area contributed by atoms with Crippen LogP contribution in [0.15, 0.2) is 127 Å². The van der Waals surface area contributed by atoms with Gasteiger partial charge in [-0.25, -0.2) is 0 Å². The minimum atomic E-state index is -5.83. The smallest absolute Gasteiger partial charge is 0.376 e. The van der Waals surface area contributed by atoms with Crippen LogP contribution < -0.4 is 4.18 Å². The normalized spacial score (nSPS) is 14.5. The molecule has 2 aliphatic carbocycles. The summed E-state index contributed by atoms with van der Waals surface area (Å²) in [5.41, 5.74) is 3.31. The van der Waals surface area contributed by atoms with Crippen molar-refractivity contribution in [3.05, 3.63) is 150 Å². The van der Waals surface area contributed by atoms with Gasteiger partial charge in [0.1, 0.15) is 5.75 Å². The van der Waals surface area contributed by atoms with Gasteiger partial charge in [0.15, 0.2) is 0 Å². The molecule has 218 valence electrons. The van der Waals surface area contributed by atoms with Gasteiger partial charge in [0.2, 0.25) is 0 Å². The summed E-state index contributed by atoms with van der Waals surface area (Å²) in [7, 11) is -5.83. The summed E-state index contributed by atoms with van der Waals surface area (Å²) in [5.74, 6) is -0.395. The van der Waals surface area contributed by atoms with Crippen molar-refractivity contribution in [2.75, 3.05) is 0 Å². The Balaban J connectivity index is 1.41. The van der Waals surface area contributed by atoms with Crippen molar-refractivity contribution < 1.29 is 25.8 Å². The highest BCUT2D eigenvalue weighted by atomic mass is 32.2. The molecule has 1 spiro atoms. The van der Waals surface area contributed by atoms with Gasteiger partial charge in [-0.3, -0.25) is 0 Å². The van der Waals surface area contributed by atoms with Gasteiger partial charge >= 0.3 is 15.6 Å². The predicted octanol–water partition coefficient (Wildman–Crippen LogP) is 9.72. The highest BCUT2D eigenvalue weighted by molar-refractivity contribution is 7.88. The van der Waals surface area contributed by atoms with Gasteiger partial charge in [0.25, 0.3) is 0 Å². The van der Waals surface area contributed by atoms with E-state index >= 15 is 0 Å². The highest BCUT2D eigenvalue weighted by Crippen LogP contribution is 2.63. The fraction of sp³-hybridized carbons (Fsp3) is 0.0526. The zero-order valence-electron chi connectivity index (χ0n) is 23.4. The number of hydrogen-bond acceptors (Lipinski definition) is 3. The summed E-state index contributed by atoms with van der Waals surface area (Å²) in [5, 5.41) is 5.00. The summed E-state index contributed by atoms with van der Waals surface area (Å²) in [6.07, 6.45) is 0. The second kappa shape index (κ2) is 8.73. The van der Waals surface area contributed by atoms with E-state index in [1.165, 1.54) is 39.9 Å². The minimum Gasteiger partial charge on any atom is -0.376 e. The van der Waals surface area contributed by atoms with E-state index in [0.29, 0.717) is 5.39 Å². The summed E-state index contributed by atoms with van der Waals surface area (Å²) in [4.78, 5) is 0. The van der Waals surface area contributed by atoms with Crippen LogP contribution in [-0.4, -0.2) is 13.9 Å². The number of halogens is 3. The standard InChI is InChI=1S/C38H21F3O3S/c39-38(40,41)45(42,43)44-22-17-18-25-29(19-22)23-9-1-2-10-24(23)30-20-32-28-13-5-8-16-35(28)37(36(32)21-31(25)30)33-14-6-3-11-26(33)27-12-4-7-15-34(27)37/h1-21H. The highest BCUT2D eigenvalue weighted by Gasteiger charge is 2.52. The molecule has 0 aliphatic heterocycles. The Kier molecular flexibility index (Phi) is 5.10. The Morgan fingerprint density at radius 3 is 1.47 bits per heavy atom. The number of hydrogen-bond donors (Lipinski definition) is 0. The Morgan fingerprint density at radius 1 is 0.467 bits per heavy atom. The van der Waals surface area contributed by atoms with Crippen LogP contribution in [0.1, 0.15) is 22.3 Å². The predicted molar refractivity (Wildman–Crippen MR) is 171 cm³/mol. The summed E-state index contributed by atoms with van der Waals surface area (Å²) < 4.78 is 67.8. The fourth-order valence-electron chi connectivity index (χ4n) is 7.74. The fourth-order valence-corrected chi connectivity index (χ4v) is 8.20. The molecule has 0 radical (unpaired) electrons. The molecule has 3 nitrogen and oxygen atoms in total. The molecule has 0 atom stereocenters. The van der Waals surface area contributed by atoms with Crippen LogP contribution in [0, 0.1) is 0 Å². The molecule has 0 amide bonds. The summed E-state index contributed by atoms with van der Waals surface area (Å²) >= 11 is 0. The third kappa shape index (κ3) is 3.33. The second-order valence-electron chi connectivity index (χ2n) is 11.6. The molecule has 0 saturated carbocycles. The maximum atomic E-state index is 13.2. The van der Waals surface area contributed by atoms with Crippen molar-refractivity contribution >= 4 is 42.4 Å². The Morgan fingerprint density at radius 2 is 0.911 bits per heavy atom. The van der Waals surface area contributed by atoms with E-state index in [1.54, 1.807) is 6.07 Å². The largest absolute Gasteiger partial charge is 0.534 e. The van der Waals surface area contributed by atoms with Crippen LogP contribution in [-0.2, 0) is 15.5 Å². The Labute approximate surface area is 256 Å². The molecule has 0 bridgehead atoms. The zero-order chi connectivity index (χ0) is 30.7. The molecule has 7 aromatic rings. The van der Waals surface area contributed by atoms with E-state index in [9.17, 15) is 21.6 Å². The third-order valence-corrected chi connectivity index (χ3v) is 10.4. The molecule has 9 rings (SSSR count). The lowest BCUT2D eigenvalue weighted by atomic mass is 9.70. The van der Waals surface area contributed by atoms with Crippen LogP contribution in [0.3, 0.4) is 0 Å². The van der Waals surface area contributed by atoms with E-state index < -0.39 is 26.8 Å².